The summed E-state index contributed by atoms with van der Waals surface area (Å²) in [5.41, 5.74) is 10.0. The molecule has 1 aliphatic rings. The molecule has 0 aliphatic carbocycles. The van der Waals surface area contributed by atoms with Crippen molar-refractivity contribution < 1.29 is 0 Å². The molecule has 1 fully saturated rings. The Morgan fingerprint density at radius 1 is 0.962 bits per heavy atom. The normalized spacial score (nSPS) is 19.5. The van der Waals surface area contributed by atoms with E-state index in [0.717, 1.165) is 29.2 Å². The maximum Gasteiger partial charge on any atom is 0.0779 e. The lowest BCUT2D eigenvalue weighted by Gasteiger charge is -2.48. The summed E-state index contributed by atoms with van der Waals surface area (Å²) in [6.07, 6.45) is 2.93. The summed E-state index contributed by atoms with van der Waals surface area (Å²) < 4.78 is 0. The molecule has 0 amide bonds. The summed E-state index contributed by atoms with van der Waals surface area (Å²) in [7, 11) is 0. The van der Waals surface area contributed by atoms with Gasteiger partial charge in [-0.15, -0.1) is 0 Å². The minimum absolute atomic E-state index is 0.0719. The minimum Gasteiger partial charge on any atom is -0.323 e. The highest BCUT2D eigenvalue weighted by Gasteiger charge is 2.39. The Balaban J connectivity index is 1.66. The van der Waals surface area contributed by atoms with Gasteiger partial charge in [0.2, 0.25) is 0 Å². The third-order valence-electron chi connectivity index (χ3n) is 5.17. The van der Waals surface area contributed by atoms with E-state index in [2.05, 4.69) is 46.3 Å². The maximum atomic E-state index is 6.63. The molecule has 0 spiro atoms. The molecule has 26 heavy (non-hydrogen) atoms. The van der Waals surface area contributed by atoms with E-state index >= 15 is 0 Å². The summed E-state index contributed by atoms with van der Waals surface area (Å²) in [5, 5.41) is 0.730. The van der Waals surface area contributed by atoms with Crippen LogP contribution in [-0.4, -0.2) is 22.5 Å². The van der Waals surface area contributed by atoms with E-state index in [1.807, 2.05) is 42.6 Å². The predicted octanol–water partition coefficient (Wildman–Crippen LogP) is 4.60. The van der Waals surface area contributed by atoms with Crippen LogP contribution >= 0.6 is 11.6 Å². The molecule has 0 saturated carbocycles. The van der Waals surface area contributed by atoms with Gasteiger partial charge in [0.15, 0.2) is 0 Å². The molecule has 1 unspecified atom stereocenters. The highest BCUT2D eigenvalue weighted by Crippen LogP contribution is 2.39. The van der Waals surface area contributed by atoms with Gasteiger partial charge in [-0.1, -0.05) is 60.1 Å². The van der Waals surface area contributed by atoms with Crippen molar-refractivity contribution in [3.8, 4) is 0 Å². The van der Waals surface area contributed by atoms with Crippen LogP contribution in [0.4, 0.5) is 0 Å². The van der Waals surface area contributed by atoms with Crippen molar-refractivity contribution in [3.63, 3.8) is 0 Å². The topological polar surface area (TPSA) is 42.1 Å². The van der Waals surface area contributed by atoms with Gasteiger partial charge in [0.1, 0.15) is 0 Å². The van der Waals surface area contributed by atoms with Crippen molar-refractivity contribution in [2.45, 2.75) is 24.5 Å². The number of likely N-dealkylation sites (tertiary alicyclic amines) is 1. The van der Waals surface area contributed by atoms with Crippen LogP contribution < -0.4 is 5.73 Å². The van der Waals surface area contributed by atoms with Crippen LogP contribution in [0.3, 0.4) is 0 Å². The highest BCUT2D eigenvalue weighted by atomic mass is 35.5. The lowest BCUT2D eigenvalue weighted by Crippen LogP contribution is -2.54. The van der Waals surface area contributed by atoms with Crippen molar-refractivity contribution in [3.05, 3.63) is 101 Å². The Morgan fingerprint density at radius 3 is 2.38 bits per heavy atom. The Labute approximate surface area is 159 Å². The fourth-order valence-corrected chi connectivity index (χ4v) is 3.97. The Morgan fingerprint density at radius 2 is 1.73 bits per heavy atom. The average molecular weight is 364 g/mol. The first-order valence-electron chi connectivity index (χ1n) is 8.97. The molecular formula is C22H22ClN3. The quantitative estimate of drug-likeness (QED) is 0.720. The van der Waals surface area contributed by atoms with E-state index in [4.69, 9.17) is 17.3 Å². The zero-order chi connectivity index (χ0) is 17.9. The third kappa shape index (κ3) is 3.38. The fourth-order valence-electron chi connectivity index (χ4n) is 3.77. The standard InChI is InChI=1S/C22H22ClN3/c23-18-10-6-9-17(15-18)21(24)20-12-14-26(20)22(16-7-2-1-3-8-16)19-11-4-5-13-25-19/h1-11,13,15,20-22H,12,14,24H2/t20-,21-,22?/m0/s1. The Kier molecular flexibility index (Phi) is 5.02. The highest BCUT2D eigenvalue weighted by molar-refractivity contribution is 6.30. The molecule has 2 heterocycles. The van der Waals surface area contributed by atoms with Crippen molar-refractivity contribution in [2.24, 2.45) is 5.73 Å². The van der Waals surface area contributed by atoms with Gasteiger partial charge in [-0.05, 0) is 41.8 Å². The van der Waals surface area contributed by atoms with Gasteiger partial charge in [0.05, 0.1) is 11.7 Å². The third-order valence-corrected chi connectivity index (χ3v) is 5.41. The summed E-state index contributed by atoms with van der Waals surface area (Å²) in [5.74, 6) is 0. The van der Waals surface area contributed by atoms with Crippen LogP contribution in [-0.2, 0) is 0 Å². The molecule has 0 bridgehead atoms. The molecule has 3 atom stereocenters. The second-order valence-corrected chi connectivity index (χ2v) is 7.18. The van der Waals surface area contributed by atoms with Gasteiger partial charge in [-0.3, -0.25) is 9.88 Å². The fraction of sp³-hybridized carbons (Fsp3) is 0.227. The van der Waals surface area contributed by atoms with Gasteiger partial charge in [0.25, 0.3) is 0 Å². The molecule has 1 aliphatic heterocycles. The van der Waals surface area contributed by atoms with Crippen LogP contribution in [0, 0.1) is 0 Å². The molecule has 4 rings (SSSR count). The second kappa shape index (κ2) is 7.58. The van der Waals surface area contributed by atoms with Crippen molar-refractivity contribution in [1.82, 2.24) is 9.88 Å². The molecular weight excluding hydrogens is 342 g/mol. The number of aromatic nitrogens is 1. The number of hydrogen-bond donors (Lipinski definition) is 1. The van der Waals surface area contributed by atoms with Gasteiger partial charge in [-0.2, -0.15) is 0 Å². The van der Waals surface area contributed by atoms with Gasteiger partial charge in [0, 0.05) is 29.8 Å². The van der Waals surface area contributed by atoms with E-state index < -0.39 is 0 Å². The van der Waals surface area contributed by atoms with Crippen molar-refractivity contribution in [1.29, 1.82) is 0 Å². The zero-order valence-electron chi connectivity index (χ0n) is 14.5. The van der Waals surface area contributed by atoms with E-state index in [0.29, 0.717) is 0 Å². The molecule has 132 valence electrons. The Hall–Kier alpha value is -2.20. The summed E-state index contributed by atoms with van der Waals surface area (Å²) in [4.78, 5) is 7.10. The molecule has 1 saturated heterocycles. The average Bonchev–Trinajstić information content (AvgIpc) is 2.66. The number of nitrogens with two attached hydrogens (primary N) is 1. The van der Waals surface area contributed by atoms with E-state index in [1.54, 1.807) is 0 Å². The van der Waals surface area contributed by atoms with Crippen molar-refractivity contribution >= 4 is 11.6 Å². The van der Waals surface area contributed by atoms with Crippen LogP contribution in [0.25, 0.3) is 0 Å². The molecule has 3 nitrogen and oxygen atoms in total. The number of halogens is 1. The molecule has 3 aromatic rings. The van der Waals surface area contributed by atoms with Gasteiger partial charge < -0.3 is 5.73 Å². The largest absolute Gasteiger partial charge is 0.323 e. The minimum atomic E-state index is -0.0719. The van der Waals surface area contributed by atoms with E-state index in [-0.39, 0.29) is 18.1 Å². The van der Waals surface area contributed by atoms with Crippen LogP contribution in [0.5, 0.6) is 0 Å². The molecule has 1 aromatic heterocycles. The monoisotopic (exact) mass is 363 g/mol. The summed E-state index contributed by atoms with van der Waals surface area (Å²) in [6.45, 7) is 1.01. The van der Waals surface area contributed by atoms with Crippen LogP contribution in [0.2, 0.25) is 5.02 Å². The summed E-state index contributed by atoms with van der Waals surface area (Å²) in [6, 6.07) is 24.8. The van der Waals surface area contributed by atoms with Crippen molar-refractivity contribution in [2.75, 3.05) is 6.54 Å². The number of hydrogen-bond acceptors (Lipinski definition) is 3. The smallest absolute Gasteiger partial charge is 0.0779 e. The Bertz CT molecular complexity index is 814. The molecule has 4 heteroatoms. The lowest BCUT2D eigenvalue weighted by atomic mass is 9.86. The SMILES string of the molecule is N[C@@H](c1cccc(Cl)c1)[C@@H]1CCN1C(c1ccccc1)c1ccccn1. The lowest BCUT2D eigenvalue weighted by molar-refractivity contribution is 0.0377. The maximum absolute atomic E-state index is 6.63. The number of rotatable bonds is 5. The summed E-state index contributed by atoms with van der Waals surface area (Å²) >= 11 is 6.17. The number of pyridine rings is 1. The number of nitrogens with zero attached hydrogens (tertiary/aromatic N) is 2. The molecule has 2 N–H and O–H groups in total. The predicted molar refractivity (Wildman–Crippen MR) is 106 cm³/mol. The van der Waals surface area contributed by atoms with Crippen LogP contribution in [0.1, 0.15) is 35.3 Å². The second-order valence-electron chi connectivity index (χ2n) is 6.74. The van der Waals surface area contributed by atoms with E-state index in [1.165, 1.54) is 5.56 Å². The first-order valence-corrected chi connectivity index (χ1v) is 9.34. The first-order chi connectivity index (χ1) is 12.7. The first kappa shape index (κ1) is 17.2. The molecule has 0 radical (unpaired) electrons. The van der Waals surface area contributed by atoms with E-state index in [9.17, 15) is 0 Å². The zero-order valence-corrected chi connectivity index (χ0v) is 15.3. The van der Waals surface area contributed by atoms with Gasteiger partial charge in [-0.25, -0.2) is 0 Å². The number of benzene rings is 2. The molecule has 2 aromatic carbocycles. The van der Waals surface area contributed by atoms with Gasteiger partial charge >= 0.3 is 0 Å². The van der Waals surface area contributed by atoms with Crippen LogP contribution in [0.15, 0.2) is 79.0 Å².